The summed E-state index contributed by atoms with van der Waals surface area (Å²) in [6.07, 6.45) is 0.113. The average Bonchev–Trinajstić information content (AvgIpc) is 2.48. The lowest BCUT2D eigenvalue weighted by Gasteiger charge is -2.34. The molecule has 1 heterocycles. The molecule has 1 aliphatic heterocycles. The van der Waals surface area contributed by atoms with Crippen molar-refractivity contribution in [1.82, 2.24) is 4.90 Å². The number of amides is 1. The highest BCUT2D eigenvalue weighted by Gasteiger charge is 2.28. The van der Waals surface area contributed by atoms with Crippen molar-refractivity contribution in [3.63, 3.8) is 0 Å². The minimum absolute atomic E-state index is 0.00836. The van der Waals surface area contributed by atoms with Crippen molar-refractivity contribution in [2.45, 2.75) is 19.4 Å². The second-order valence-electron chi connectivity index (χ2n) is 5.29. The van der Waals surface area contributed by atoms with E-state index in [1.165, 1.54) is 18.2 Å². The van der Waals surface area contributed by atoms with Crippen molar-refractivity contribution in [3.8, 4) is 11.8 Å². The van der Waals surface area contributed by atoms with Gasteiger partial charge in [-0.05, 0) is 30.5 Å². The SMILES string of the molecule is CC1CN(C(=O)c2cc(C#CCN)ccc2F)CCC1O. The van der Waals surface area contributed by atoms with Crippen LogP contribution >= 0.6 is 0 Å². The highest BCUT2D eigenvalue weighted by molar-refractivity contribution is 5.95. The molecule has 2 rings (SSSR count). The molecule has 0 radical (unpaired) electrons. The summed E-state index contributed by atoms with van der Waals surface area (Å²) >= 11 is 0. The van der Waals surface area contributed by atoms with Crippen molar-refractivity contribution >= 4 is 5.91 Å². The van der Waals surface area contributed by atoms with Gasteiger partial charge in [-0.1, -0.05) is 18.8 Å². The number of hydrogen-bond acceptors (Lipinski definition) is 3. The number of carbonyl (C=O) groups is 1. The lowest BCUT2D eigenvalue weighted by Crippen LogP contribution is -2.45. The summed E-state index contributed by atoms with van der Waals surface area (Å²) in [4.78, 5) is 14.0. The Labute approximate surface area is 123 Å². The number of hydrogen-bond donors (Lipinski definition) is 2. The third kappa shape index (κ3) is 3.60. The van der Waals surface area contributed by atoms with E-state index in [-0.39, 0.29) is 23.9 Å². The summed E-state index contributed by atoms with van der Waals surface area (Å²) in [5.74, 6) is 4.55. The molecule has 1 fully saturated rings. The van der Waals surface area contributed by atoms with Gasteiger partial charge in [0.1, 0.15) is 5.82 Å². The Kier molecular flexibility index (Phi) is 4.94. The van der Waals surface area contributed by atoms with E-state index in [4.69, 9.17) is 5.73 Å². The maximum Gasteiger partial charge on any atom is 0.256 e. The number of rotatable bonds is 1. The first-order valence-corrected chi connectivity index (χ1v) is 6.98. The van der Waals surface area contributed by atoms with E-state index < -0.39 is 11.9 Å². The molecule has 0 saturated carbocycles. The quantitative estimate of drug-likeness (QED) is 0.758. The van der Waals surface area contributed by atoms with Crippen LogP contribution < -0.4 is 5.73 Å². The van der Waals surface area contributed by atoms with Crippen molar-refractivity contribution in [1.29, 1.82) is 0 Å². The molecule has 0 spiro atoms. The first-order valence-electron chi connectivity index (χ1n) is 6.98. The fraction of sp³-hybridized carbons (Fsp3) is 0.438. The minimum Gasteiger partial charge on any atom is -0.393 e. The summed E-state index contributed by atoms with van der Waals surface area (Å²) in [6.45, 7) is 2.95. The van der Waals surface area contributed by atoms with Gasteiger partial charge >= 0.3 is 0 Å². The van der Waals surface area contributed by atoms with Gasteiger partial charge in [0, 0.05) is 18.7 Å². The summed E-state index contributed by atoms with van der Waals surface area (Å²) in [6, 6.07) is 4.23. The Morgan fingerprint density at radius 3 is 3.00 bits per heavy atom. The molecular formula is C16H19FN2O2. The molecule has 2 atom stereocenters. The molecule has 1 amide bonds. The maximum absolute atomic E-state index is 13.9. The first kappa shape index (κ1) is 15.5. The third-order valence-corrected chi connectivity index (χ3v) is 3.68. The normalized spacial score (nSPS) is 21.6. The predicted octanol–water partition coefficient (Wildman–Crippen LogP) is 0.979. The van der Waals surface area contributed by atoms with Crippen molar-refractivity contribution < 1.29 is 14.3 Å². The van der Waals surface area contributed by atoms with Gasteiger partial charge in [-0.25, -0.2) is 4.39 Å². The number of nitrogens with zero attached hydrogens (tertiary/aromatic N) is 1. The molecule has 1 aromatic carbocycles. The highest BCUT2D eigenvalue weighted by Crippen LogP contribution is 2.20. The molecule has 21 heavy (non-hydrogen) atoms. The number of nitrogens with two attached hydrogens (primary N) is 1. The molecule has 1 saturated heterocycles. The van der Waals surface area contributed by atoms with Crippen LogP contribution in [0, 0.1) is 23.6 Å². The summed E-state index contributed by atoms with van der Waals surface area (Å²) in [7, 11) is 0. The molecule has 0 bridgehead atoms. The van der Waals surface area contributed by atoms with Crippen LogP contribution in [0.4, 0.5) is 4.39 Å². The van der Waals surface area contributed by atoms with E-state index in [2.05, 4.69) is 11.8 Å². The summed E-state index contributed by atoms with van der Waals surface area (Å²) in [5.41, 5.74) is 5.88. The fourth-order valence-corrected chi connectivity index (χ4v) is 2.41. The van der Waals surface area contributed by atoms with Crippen molar-refractivity contribution in [3.05, 3.63) is 35.1 Å². The Bertz CT molecular complexity index is 592. The van der Waals surface area contributed by atoms with Gasteiger partial charge in [-0.2, -0.15) is 0 Å². The lowest BCUT2D eigenvalue weighted by atomic mass is 9.96. The van der Waals surface area contributed by atoms with Gasteiger partial charge in [0.2, 0.25) is 0 Å². The topological polar surface area (TPSA) is 66.6 Å². The Hall–Kier alpha value is -1.90. The molecule has 0 aliphatic carbocycles. The largest absolute Gasteiger partial charge is 0.393 e. The van der Waals surface area contributed by atoms with Gasteiger partial charge in [-0.15, -0.1) is 0 Å². The number of carbonyl (C=O) groups excluding carboxylic acids is 1. The highest BCUT2D eigenvalue weighted by atomic mass is 19.1. The van der Waals surface area contributed by atoms with E-state index in [1.54, 1.807) is 4.90 Å². The van der Waals surface area contributed by atoms with E-state index in [9.17, 15) is 14.3 Å². The molecule has 2 unspecified atom stereocenters. The Morgan fingerprint density at radius 1 is 1.57 bits per heavy atom. The molecule has 1 aliphatic rings. The van der Waals surface area contributed by atoms with Gasteiger partial charge in [0.05, 0.1) is 18.2 Å². The monoisotopic (exact) mass is 290 g/mol. The van der Waals surface area contributed by atoms with Crippen LogP contribution in [0.5, 0.6) is 0 Å². The van der Waals surface area contributed by atoms with Gasteiger partial charge < -0.3 is 15.7 Å². The molecule has 1 aromatic rings. The van der Waals surface area contributed by atoms with Crippen LogP contribution in [0.3, 0.4) is 0 Å². The van der Waals surface area contributed by atoms with Crippen molar-refractivity contribution in [2.24, 2.45) is 11.7 Å². The zero-order valence-corrected chi connectivity index (χ0v) is 12.0. The number of piperidine rings is 1. The molecule has 0 aromatic heterocycles. The summed E-state index contributed by atoms with van der Waals surface area (Å²) in [5, 5.41) is 9.70. The molecule has 5 heteroatoms. The average molecular weight is 290 g/mol. The van der Waals surface area contributed by atoms with Gasteiger partial charge in [-0.3, -0.25) is 4.79 Å². The smallest absolute Gasteiger partial charge is 0.256 e. The van der Waals surface area contributed by atoms with E-state index in [0.717, 1.165) is 0 Å². The number of halogens is 1. The van der Waals surface area contributed by atoms with Crippen LogP contribution in [0.25, 0.3) is 0 Å². The number of benzene rings is 1. The first-order chi connectivity index (χ1) is 10.0. The van der Waals surface area contributed by atoms with E-state index in [0.29, 0.717) is 25.1 Å². The Morgan fingerprint density at radius 2 is 2.33 bits per heavy atom. The molecular weight excluding hydrogens is 271 g/mol. The van der Waals surface area contributed by atoms with Crippen LogP contribution in [0.15, 0.2) is 18.2 Å². The second-order valence-corrected chi connectivity index (χ2v) is 5.29. The van der Waals surface area contributed by atoms with E-state index >= 15 is 0 Å². The number of aliphatic hydroxyl groups excluding tert-OH is 1. The predicted molar refractivity (Wildman–Crippen MR) is 78.0 cm³/mol. The lowest BCUT2D eigenvalue weighted by molar-refractivity contribution is 0.0295. The standard InChI is InChI=1S/C16H19FN2O2/c1-11-10-19(8-6-15(11)20)16(21)13-9-12(3-2-7-18)4-5-14(13)17/h4-5,9,11,15,20H,6-8,10,18H2,1H3. The zero-order valence-electron chi connectivity index (χ0n) is 12.0. The third-order valence-electron chi connectivity index (χ3n) is 3.68. The van der Waals surface area contributed by atoms with Gasteiger partial charge in [0.25, 0.3) is 5.91 Å². The van der Waals surface area contributed by atoms with Crippen LogP contribution in [0.1, 0.15) is 29.3 Å². The zero-order chi connectivity index (χ0) is 15.4. The number of aliphatic hydroxyl groups is 1. The number of likely N-dealkylation sites (tertiary alicyclic amines) is 1. The molecule has 3 N–H and O–H groups in total. The van der Waals surface area contributed by atoms with Gasteiger partial charge in [0.15, 0.2) is 0 Å². The Balaban J connectivity index is 2.22. The second kappa shape index (κ2) is 6.70. The summed E-state index contributed by atoms with van der Waals surface area (Å²) < 4.78 is 13.9. The molecule has 4 nitrogen and oxygen atoms in total. The maximum atomic E-state index is 13.9. The minimum atomic E-state index is -0.558. The van der Waals surface area contributed by atoms with E-state index in [1.807, 2.05) is 6.92 Å². The fourth-order valence-electron chi connectivity index (χ4n) is 2.41. The van der Waals surface area contributed by atoms with Crippen LogP contribution in [0.2, 0.25) is 0 Å². The van der Waals surface area contributed by atoms with Crippen LogP contribution in [-0.4, -0.2) is 41.7 Å². The van der Waals surface area contributed by atoms with Crippen molar-refractivity contribution in [2.75, 3.05) is 19.6 Å². The van der Waals surface area contributed by atoms with Crippen LogP contribution in [-0.2, 0) is 0 Å². The molecule has 112 valence electrons.